The Morgan fingerprint density at radius 1 is 1.35 bits per heavy atom. The fourth-order valence-electron chi connectivity index (χ4n) is 2.74. The first-order valence-corrected chi connectivity index (χ1v) is 10.4. The molecular weight excluding hydrogens is 330 g/mol. The molecule has 1 aromatic rings. The molecule has 23 heavy (non-hydrogen) atoms. The van der Waals surface area contributed by atoms with E-state index >= 15 is 0 Å². The number of nitriles is 1. The predicted octanol–water partition coefficient (Wildman–Crippen LogP) is 3.43. The van der Waals surface area contributed by atoms with Crippen LogP contribution in [0.3, 0.4) is 0 Å². The largest absolute Gasteiger partial charge is 0.249 e. The van der Waals surface area contributed by atoms with Gasteiger partial charge in [-0.2, -0.15) is 9.57 Å². The van der Waals surface area contributed by atoms with Gasteiger partial charge >= 0.3 is 0 Å². The molecule has 0 bridgehead atoms. The van der Waals surface area contributed by atoms with Gasteiger partial charge in [0.15, 0.2) is 0 Å². The fraction of sp³-hybridized carbons (Fsp3) is 0.625. The van der Waals surface area contributed by atoms with Gasteiger partial charge in [0.2, 0.25) is 10.0 Å². The third kappa shape index (κ3) is 4.93. The highest BCUT2D eigenvalue weighted by atomic mass is 32.2. The highest BCUT2D eigenvalue weighted by Gasteiger charge is 2.29. The number of pyridine rings is 1. The quantitative estimate of drug-likeness (QED) is 0.554. The molecule has 0 amide bonds. The number of thioether (sulfide) groups is 1. The first kappa shape index (κ1) is 18.2. The number of nitrogens with zero attached hydrogens (tertiary/aromatic N) is 3. The average Bonchev–Trinajstić information content (AvgIpc) is 2.59. The van der Waals surface area contributed by atoms with Gasteiger partial charge in [0.25, 0.3) is 0 Å². The van der Waals surface area contributed by atoms with Gasteiger partial charge in [0.1, 0.15) is 4.90 Å². The Labute approximate surface area is 143 Å². The molecule has 0 atom stereocenters. The smallest absolute Gasteiger partial charge is 0.244 e. The van der Waals surface area contributed by atoms with E-state index in [0.717, 1.165) is 42.9 Å². The second-order valence-electron chi connectivity index (χ2n) is 5.76. The van der Waals surface area contributed by atoms with Crippen LogP contribution in [-0.4, -0.2) is 36.5 Å². The lowest BCUT2D eigenvalue weighted by atomic mass is 9.96. The van der Waals surface area contributed by atoms with E-state index in [9.17, 15) is 8.42 Å². The van der Waals surface area contributed by atoms with Crippen LogP contribution in [0.1, 0.15) is 44.9 Å². The molecule has 0 aliphatic heterocycles. The van der Waals surface area contributed by atoms with E-state index < -0.39 is 10.0 Å². The highest BCUT2D eigenvalue weighted by Crippen LogP contribution is 2.27. The Bertz CT molecular complexity index is 632. The summed E-state index contributed by atoms with van der Waals surface area (Å²) in [5, 5.41) is 9.30. The average molecular weight is 354 g/mol. The molecule has 0 saturated heterocycles. The molecule has 7 heteroatoms. The number of hydrogen-bond donors (Lipinski definition) is 0. The summed E-state index contributed by atoms with van der Waals surface area (Å²) in [5.74, 6) is 0.814. The number of hydrogen-bond acceptors (Lipinski definition) is 5. The monoisotopic (exact) mass is 353 g/mol. The summed E-state index contributed by atoms with van der Waals surface area (Å²) >= 11 is 1.55. The number of rotatable bonds is 7. The summed E-state index contributed by atoms with van der Waals surface area (Å²) in [6.07, 6.45) is 8.07. The van der Waals surface area contributed by atoms with Gasteiger partial charge < -0.3 is 0 Å². The van der Waals surface area contributed by atoms with Crippen molar-refractivity contribution in [2.75, 3.05) is 12.8 Å². The van der Waals surface area contributed by atoms with Crippen LogP contribution in [0.25, 0.3) is 0 Å². The van der Waals surface area contributed by atoms with Crippen LogP contribution in [0.15, 0.2) is 28.3 Å². The molecule has 0 radical (unpaired) electrons. The fourth-order valence-corrected chi connectivity index (χ4v) is 4.89. The second kappa shape index (κ2) is 8.67. The standard InChI is InChI=1S/C16H23N3O2S2/c1-19(14-7-3-2-4-8-14)23(20,21)15-9-10-16(18-13-15)22-12-6-5-11-17/h9-10,13-14H,2-8,12H2,1H3. The van der Waals surface area contributed by atoms with E-state index in [-0.39, 0.29) is 10.9 Å². The van der Waals surface area contributed by atoms with Crippen molar-refractivity contribution in [2.45, 2.75) is 60.9 Å². The zero-order chi connectivity index (χ0) is 16.7. The van der Waals surface area contributed by atoms with Crippen LogP contribution in [0, 0.1) is 11.3 Å². The number of sulfonamides is 1. The van der Waals surface area contributed by atoms with Crippen LogP contribution in [-0.2, 0) is 10.0 Å². The molecule has 1 saturated carbocycles. The summed E-state index contributed by atoms with van der Waals surface area (Å²) in [7, 11) is -1.79. The minimum atomic E-state index is -3.47. The van der Waals surface area contributed by atoms with Crippen molar-refractivity contribution in [3.8, 4) is 6.07 Å². The summed E-state index contributed by atoms with van der Waals surface area (Å²) in [6, 6.07) is 5.60. The van der Waals surface area contributed by atoms with Crippen molar-refractivity contribution in [2.24, 2.45) is 0 Å². The van der Waals surface area contributed by atoms with Crippen LogP contribution in [0.2, 0.25) is 0 Å². The van der Waals surface area contributed by atoms with Gasteiger partial charge in [-0.3, -0.25) is 0 Å². The topological polar surface area (TPSA) is 74.1 Å². The first-order chi connectivity index (χ1) is 11.1. The van der Waals surface area contributed by atoms with Gasteiger partial charge in [-0.05, 0) is 31.4 Å². The molecule has 2 rings (SSSR count). The molecule has 1 heterocycles. The lowest BCUT2D eigenvalue weighted by Crippen LogP contribution is -2.38. The molecular formula is C16H23N3O2S2. The van der Waals surface area contributed by atoms with Gasteiger partial charge in [-0.1, -0.05) is 19.3 Å². The molecule has 1 aliphatic carbocycles. The third-order valence-corrected chi connectivity index (χ3v) is 7.08. The van der Waals surface area contributed by atoms with E-state index in [2.05, 4.69) is 11.1 Å². The minimum absolute atomic E-state index is 0.105. The van der Waals surface area contributed by atoms with E-state index in [4.69, 9.17) is 5.26 Å². The van der Waals surface area contributed by atoms with E-state index in [1.165, 1.54) is 16.9 Å². The Morgan fingerprint density at radius 3 is 2.70 bits per heavy atom. The molecule has 0 unspecified atom stereocenters. The zero-order valence-corrected chi connectivity index (χ0v) is 15.1. The van der Waals surface area contributed by atoms with Crippen LogP contribution >= 0.6 is 11.8 Å². The van der Waals surface area contributed by atoms with Crippen LogP contribution in [0.4, 0.5) is 0 Å². The van der Waals surface area contributed by atoms with Crippen molar-refractivity contribution in [3.05, 3.63) is 18.3 Å². The van der Waals surface area contributed by atoms with Crippen molar-refractivity contribution in [1.29, 1.82) is 5.26 Å². The van der Waals surface area contributed by atoms with Gasteiger partial charge in [0.05, 0.1) is 11.1 Å². The first-order valence-electron chi connectivity index (χ1n) is 7.99. The lowest BCUT2D eigenvalue weighted by Gasteiger charge is -2.30. The predicted molar refractivity (Wildman–Crippen MR) is 91.6 cm³/mol. The molecule has 1 fully saturated rings. The van der Waals surface area contributed by atoms with Gasteiger partial charge in [-0.15, -0.1) is 11.8 Å². The maximum atomic E-state index is 12.7. The molecule has 5 nitrogen and oxygen atoms in total. The maximum absolute atomic E-state index is 12.7. The van der Waals surface area contributed by atoms with Crippen molar-refractivity contribution < 1.29 is 8.42 Å². The van der Waals surface area contributed by atoms with E-state index in [1.54, 1.807) is 30.9 Å². The minimum Gasteiger partial charge on any atom is -0.249 e. The normalized spacial score (nSPS) is 16.4. The number of aromatic nitrogens is 1. The molecule has 0 N–H and O–H groups in total. The molecule has 1 aliphatic rings. The summed E-state index contributed by atoms with van der Waals surface area (Å²) < 4.78 is 26.9. The van der Waals surface area contributed by atoms with Gasteiger partial charge in [0, 0.05) is 31.5 Å². The Hall–Kier alpha value is -1.10. The molecule has 126 valence electrons. The Kier molecular flexibility index (Phi) is 6.88. The summed E-state index contributed by atoms with van der Waals surface area (Å²) in [5.41, 5.74) is 0. The highest BCUT2D eigenvalue weighted by molar-refractivity contribution is 7.99. The second-order valence-corrected chi connectivity index (χ2v) is 8.87. The van der Waals surface area contributed by atoms with E-state index in [1.807, 2.05) is 0 Å². The summed E-state index contributed by atoms with van der Waals surface area (Å²) in [4.78, 5) is 4.50. The van der Waals surface area contributed by atoms with E-state index in [0.29, 0.717) is 6.42 Å². The maximum Gasteiger partial charge on any atom is 0.244 e. The zero-order valence-electron chi connectivity index (χ0n) is 13.4. The van der Waals surface area contributed by atoms with Crippen molar-refractivity contribution in [3.63, 3.8) is 0 Å². The van der Waals surface area contributed by atoms with Crippen LogP contribution in [0.5, 0.6) is 0 Å². The van der Waals surface area contributed by atoms with Crippen molar-refractivity contribution >= 4 is 21.8 Å². The van der Waals surface area contributed by atoms with Crippen molar-refractivity contribution in [1.82, 2.24) is 9.29 Å². The number of unbranched alkanes of at least 4 members (excludes halogenated alkanes) is 1. The molecule has 0 spiro atoms. The summed E-state index contributed by atoms with van der Waals surface area (Å²) in [6.45, 7) is 0. The SMILES string of the molecule is CN(C1CCCCC1)S(=O)(=O)c1ccc(SCCCC#N)nc1. The Balaban J connectivity index is 2.00. The lowest BCUT2D eigenvalue weighted by molar-refractivity contribution is 0.286. The van der Waals surface area contributed by atoms with Gasteiger partial charge in [-0.25, -0.2) is 13.4 Å². The Morgan fingerprint density at radius 2 is 2.09 bits per heavy atom. The third-order valence-electron chi connectivity index (χ3n) is 4.16. The van der Waals surface area contributed by atoms with Crippen LogP contribution < -0.4 is 0 Å². The molecule has 0 aromatic carbocycles. The molecule has 1 aromatic heterocycles.